The molecule has 0 aromatic heterocycles. The summed E-state index contributed by atoms with van der Waals surface area (Å²) in [6, 6.07) is 0. The molecule has 8 fully saturated rings. The van der Waals surface area contributed by atoms with Crippen LogP contribution < -0.4 is 0 Å². The minimum absolute atomic E-state index is 0.141. The van der Waals surface area contributed by atoms with E-state index in [4.69, 9.17) is 47.4 Å². The van der Waals surface area contributed by atoms with Gasteiger partial charge in [0.1, 0.15) is 116 Å². The number of fused-ring (bicyclic) bond motifs is 3. The Kier molecular flexibility index (Phi) is 19.7. The highest BCUT2D eigenvalue weighted by Gasteiger charge is 2.64. The summed E-state index contributed by atoms with van der Waals surface area (Å²) in [5, 5.41) is 180. The van der Waals surface area contributed by atoms with Crippen LogP contribution in [0.4, 0.5) is 0 Å². The Hall–Kier alpha value is -1.83. The molecule has 8 rings (SSSR count). The van der Waals surface area contributed by atoms with E-state index in [2.05, 4.69) is 20.4 Å². The molecule has 28 heteroatoms. The molecule has 0 amide bonds. The molecule has 456 valence electrons. The largest absolute Gasteiger partial charge is 0.432 e. The maximum Gasteiger partial charge on any atom is 0.314 e. The van der Waals surface area contributed by atoms with Gasteiger partial charge in [-0.3, -0.25) is 4.79 Å². The second-order valence-electron chi connectivity index (χ2n) is 24.0. The molecule has 0 aromatic carbocycles. The van der Waals surface area contributed by atoms with Crippen molar-refractivity contribution in [2.24, 2.45) is 28.1 Å². The summed E-state index contributed by atoms with van der Waals surface area (Å²) in [5.74, 6) is -1.25. The van der Waals surface area contributed by atoms with Gasteiger partial charge < -0.3 is 134 Å². The topological polar surface area (TPSA) is 453 Å². The van der Waals surface area contributed by atoms with Crippen molar-refractivity contribution < 1.29 is 139 Å². The van der Waals surface area contributed by atoms with Gasteiger partial charge in [-0.25, -0.2) is 0 Å². The quantitative estimate of drug-likeness (QED) is 0.0535. The van der Waals surface area contributed by atoms with E-state index >= 15 is 0 Å². The highest BCUT2D eigenvalue weighted by atomic mass is 16.8. The van der Waals surface area contributed by atoms with Crippen molar-refractivity contribution in [3.63, 3.8) is 0 Å². The molecule has 3 aliphatic carbocycles. The van der Waals surface area contributed by atoms with Crippen molar-refractivity contribution in [2.45, 2.75) is 238 Å². The van der Waals surface area contributed by atoms with Crippen molar-refractivity contribution in [1.29, 1.82) is 0 Å². The van der Waals surface area contributed by atoms with Crippen LogP contribution in [0.3, 0.4) is 0 Å². The molecule has 5 saturated heterocycles. The summed E-state index contributed by atoms with van der Waals surface area (Å²) in [4.78, 5) is 14.9. The molecule has 3 saturated carbocycles. The standard InChI is InChI=1S/C51H84O28/c1-19-13-48(2)11-7-26-49(3,9-6-10-50(26,4)47(69)78-45-40(35(64)30(59)23(17-55)74-45)76-43-38(67)33(62)28(57)21(15-53)72-43)25(48)8-12-51(19,5)79-46-41(77-44-39(68)34(63)29(58)22(16-54)73-44)36(65)31(60)24(75-46)18-70-42-37(66)32(61)27(56)20(14-52)71-42/h20-46,52-68H,1,6-18H2,2-5H3/t20?,21?,22?,23?,24?,25-,26?,27?,28?,29?,30?,31?,32?,33?,34?,35?,36?,37?,38?,39?,40?,41?,42?,43?,44?,45?,46?,48-,49+,50-,51-/m1/s1. The molecule has 28 nitrogen and oxygen atoms in total. The van der Waals surface area contributed by atoms with Gasteiger partial charge in [-0.2, -0.15) is 0 Å². The number of carbonyl (C=O) groups is 1. The first kappa shape index (κ1) is 63.2. The predicted octanol–water partition coefficient (Wildman–Crippen LogP) is -6.65. The smallest absolute Gasteiger partial charge is 0.314 e. The fourth-order valence-electron chi connectivity index (χ4n) is 14.1. The zero-order chi connectivity index (χ0) is 58.0. The lowest BCUT2D eigenvalue weighted by Gasteiger charge is -2.62. The molecule has 31 atom stereocenters. The summed E-state index contributed by atoms with van der Waals surface area (Å²) in [5.41, 5.74) is -3.04. The van der Waals surface area contributed by atoms with Crippen molar-refractivity contribution in [3.8, 4) is 0 Å². The monoisotopic (exact) mass is 1140 g/mol. The number of hydrogen-bond acceptors (Lipinski definition) is 28. The van der Waals surface area contributed by atoms with Crippen molar-refractivity contribution in [3.05, 3.63) is 12.2 Å². The Labute approximate surface area is 455 Å². The average Bonchev–Trinajstić information content (AvgIpc) is 3.62. The molecule has 26 unspecified atom stereocenters. The highest BCUT2D eigenvalue weighted by Crippen LogP contribution is 2.68. The minimum Gasteiger partial charge on any atom is -0.432 e. The Morgan fingerprint density at radius 3 is 1.42 bits per heavy atom. The number of esters is 1. The lowest BCUT2D eigenvalue weighted by Crippen LogP contribution is -2.65. The van der Waals surface area contributed by atoms with Crippen molar-refractivity contribution in [2.75, 3.05) is 33.0 Å². The Morgan fingerprint density at radius 2 is 0.911 bits per heavy atom. The fraction of sp³-hybridized carbons (Fsp3) is 0.941. The third kappa shape index (κ3) is 11.7. The van der Waals surface area contributed by atoms with Crippen LogP contribution in [0.25, 0.3) is 0 Å². The van der Waals surface area contributed by atoms with Crippen LogP contribution in [0.1, 0.15) is 79.1 Å². The van der Waals surface area contributed by atoms with Crippen LogP contribution in [0.5, 0.6) is 0 Å². The molecule has 0 aromatic rings. The zero-order valence-corrected chi connectivity index (χ0v) is 44.6. The van der Waals surface area contributed by atoms with E-state index in [1.54, 1.807) is 13.8 Å². The molecule has 0 spiro atoms. The molecule has 0 bridgehead atoms. The van der Waals surface area contributed by atoms with Crippen LogP contribution in [-0.4, -0.2) is 285 Å². The third-order valence-electron chi connectivity index (χ3n) is 19.0. The van der Waals surface area contributed by atoms with E-state index in [0.717, 1.165) is 0 Å². The van der Waals surface area contributed by atoms with Gasteiger partial charge in [0.05, 0.1) is 44.1 Å². The van der Waals surface area contributed by atoms with E-state index < -0.39 is 214 Å². The second-order valence-corrected chi connectivity index (χ2v) is 24.0. The van der Waals surface area contributed by atoms with Gasteiger partial charge in [0.25, 0.3) is 0 Å². The van der Waals surface area contributed by atoms with Gasteiger partial charge in [0, 0.05) is 0 Å². The third-order valence-corrected chi connectivity index (χ3v) is 19.0. The first-order chi connectivity index (χ1) is 37.1. The molecule has 0 radical (unpaired) electrons. The zero-order valence-electron chi connectivity index (χ0n) is 44.6. The van der Waals surface area contributed by atoms with Gasteiger partial charge in [0.2, 0.25) is 6.29 Å². The van der Waals surface area contributed by atoms with Crippen LogP contribution in [-0.2, 0) is 52.2 Å². The number of aliphatic hydroxyl groups excluding tert-OH is 17. The summed E-state index contributed by atoms with van der Waals surface area (Å²) < 4.78 is 59.3. The van der Waals surface area contributed by atoms with E-state index in [1.165, 1.54) is 0 Å². The van der Waals surface area contributed by atoms with E-state index in [1.807, 2.05) is 0 Å². The van der Waals surface area contributed by atoms with Gasteiger partial charge in [-0.05, 0) is 87.0 Å². The SMILES string of the molecule is C=C1C[C@@]2(C)CCC3[C@](C)(C(=O)OC4OC(CO)C(O)C(O)C4OC4OC(CO)C(O)C(O)C4O)CCC[C@@]3(C)[C@@H]2CC[C@@]1(C)OC1OC(COC2OC(CO)C(O)C(O)C2O)C(O)C(O)C1OC1OC(CO)C(O)C(O)C1O. The van der Waals surface area contributed by atoms with Crippen LogP contribution in [0.2, 0.25) is 0 Å². The van der Waals surface area contributed by atoms with E-state index in [0.29, 0.717) is 50.5 Å². The summed E-state index contributed by atoms with van der Waals surface area (Å²) in [6.07, 6.45) is -39.9. The number of ether oxygens (including phenoxy) is 10. The van der Waals surface area contributed by atoms with Gasteiger partial charge >= 0.3 is 5.97 Å². The first-order valence-electron chi connectivity index (χ1n) is 27.2. The lowest BCUT2D eigenvalue weighted by molar-refractivity contribution is -0.380. The molecule has 8 aliphatic rings. The number of aliphatic hydroxyl groups is 17. The lowest BCUT2D eigenvalue weighted by atomic mass is 9.42. The van der Waals surface area contributed by atoms with Gasteiger partial charge in [0.15, 0.2) is 31.3 Å². The predicted molar refractivity (Wildman–Crippen MR) is 258 cm³/mol. The molecule has 5 heterocycles. The molecule has 5 aliphatic heterocycles. The Morgan fingerprint density at radius 1 is 0.494 bits per heavy atom. The van der Waals surface area contributed by atoms with Crippen molar-refractivity contribution in [1.82, 2.24) is 0 Å². The Bertz CT molecular complexity index is 2050. The summed E-state index contributed by atoms with van der Waals surface area (Å²) in [6.45, 7) is 8.45. The molecular formula is C51H84O28. The fourth-order valence-corrected chi connectivity index (χ4v) is 14.1. The molecule has 17 N–H and O–H groups in total. The molecule has 79 heavy (non-hydrogen) atoms. The van der Waals surface area contributed by atoms with Gasteiger partial charge in [-0.1, -0.05) is 26.8 Å². The van der Waals surface area contributed by atoms with Crippen LogP contribution >= 0.6 is 0 Å². The summed E-state index contributed by atoms with van der Waals surface area (Å²) in [7, 11) is 0. The Balaban J connectivity index is 1.03. The average molecular weight is 1150 g/mol. The maximum atomic E-state index is 14.9. The number of hydrogen-bond donors (Lipinski definition) is 17. The van der Waals surface area contributed by atoms with Crippen LogP contribution in [0, 0.1) is 28.1 Å². The molecular weight excluding hydrogens is 1060 g/mol. The van der Waals surface area contributed by atoms with E-state index in [9.17, 15) is 91.6 Å². The highest BCUT2D eigenvalue weighted by molar-refractivity contribution is 5.77. The number of carbonyl (C=O) groups excluding carboxylic acids is 1. The first-order valence-corrected chi connectivity index (χ1v) is 27.2. The van der Waals surface area contributed by atoms with Crippen LogP contribution in [0.15, 0.2) is 12.2 Å². The van der Waals surface area contributed by atoms with Crippen molar-refractivity contribution >= 4 is 5.97 Å². The maximum absolute atomic E-state index is 14.9. The normalized spacial score (nSPS) is 53.6. The minimum atomic E-state index is -1.95. The second kappa shape index (κ2) is 24.6. The number of rotatable bonds is 15. The van der Waals surface area contributed by atoms with E-state index in [-0.39, 0.29) is 18.3 Å². The van der Waals surface area contributed by atoms with Gasteiger partial charge in [-0.15, -0.1) is 0 Å². The summed E-state index contributed by atoms with van der Waals surface area (Å²) >= 11 is 0.